The van der Waals surface area contributed by atoms with E-state index in [2.05, 4.69) is 33.0 Å². The minimum atomic E-state index is 0.0675. The van der Waals surface area contributed by atoms with E-state index in [1.807, 2.05) is 23.1 Å². The van der Waals surface area contributed by atoms with E-state index in [1.54, 1.807) is 0 Å². The van der Waals surface area contributed by atoms with Crippen LogP contribution in [0.2, 0.25) is 0 Å². The molecule has 1 aliphatic rings. The summed E-state index contributed by atoms with van der Waals surface area (Å²) >= 11 is 0. The third kappa shape index (κ3) is 3.90. The van der Waals surface area contributed by atoms with E-state index in [0.29, 0.717) is 29.8 Å². The summed E-state index contributed by atoms with van der Waals surface area (Å²) in [7, 11) is 0. The third-order valence-corrected chi connectivity index (χ3v) is 3.37. The lowest BCUT2D eigenvalue weighted by Gasteiger charge is -2.28. The van der Waals surface area contributed by atoms with Gasteiger partial charge in [-0.2, -0.15) is 0 Å². The van der Waals surface area contributed by atoms with Gasteiger partial charge in [0.2, 0.25) is 0 Å². The molecule has 0 atom stereocenters. The maximum atomic E-state index is 12.9. The van der Waals surface area contributed by atoms with Crippen LogP contribution in [0.25, 0.3) is 0 Å². The van der Waals surface area contributed by atoms with Crippen LogP contribution in [-0.4, -0.2) is 37.0 Å². The number of fused-ring (bicyclic) bond motifs is 1. The molecule has 4 heteroatoms. The standard InChI is InChI=1S/C17H26N2O2/c1-12(2)10-19(11-13(3)4)17(20)14-6-5-7-15-16(14)21-9-8-18-15/h5-7,12-13,18H,8-11H2,1-4H3. The lowest BCUT2D eigenvalue weighted by atomic mass is 10.1. The van der Waals surface area contributed by atoms with Gasteiger partial charge in [0.15, 0.2) is 5.75 Å². The van der Waals surface area contributed by atoms with E-state index in [1.165, 1.54) is 0 Å². The molecule has 2 rings (SSSR count). The molecular formula is C17H26N2O2. The summed E-state index contributed by atoms with van der Waals surface area (Å²) in [6.07, 6.45) is 0. The number of carbonyl (C=O) groups excluding carboxylic acids is 1. The molecule has 0 aromatic heterocycles. The summed E-state index contributed by atoms with van der Waals surface area (Å²) in [5, 5.41) is 3.28. The van der Waals surface area contributed by atoms with Gasteiger partial charge in [0.05, 0.1) is 11.3 Å². The molecular weight excluding hydrogens is 264 g/mol. The number of rotatable bonds is 5. The van der Waals surface area contributed by atoms with Gasteiger partial charge in [-0.25, -0.2) is 0 Å². The van der Waals surface area contributed by atoms with Gasteiger partial charge in [0.1, 0.15) is 6.61 Å². The van der Waals surface area contributed by atoms with E-state index in [9.17, 15) is 4.79 Å². The van der Waals surface area contributed by atoms with Crippen LogP contribution in [0.1, 0.15) is 38.1 Å². The summed E-state index contributed by atoms with van der Waals surface area (Å²) in [4.78, 5) is 14.9. The van der Waals surface area contributed by atoms with Gasteiger partial charge in [-0.15, -0.1) is 0 Å². The summed E-state index contributed by atoms with van der Waals surface area (Å²) in [6.45, 7) is 11.5. The summed E-state index contributed by atoms with van der Waals surface area (Å²) in [5.41, 5.74) is 1.59. The Morgan fingerprint density at radius 3 is 2.52 bits per heavy atom. The van der Waals surface area contributed by atoms with E-state index in [4.69, 9.17) is 4.74 Å². The van der Waals surface area contributed by atoms with E-state index in [-0.39, 0.29) is 5.91 Å². The molecule has 1 aromatic rings. The minimum Gasteiger partial charge on any atom is -0.489 e. The number of nitrogens with zero attached hydrogens (tertiary/aromatic N) is 1. The fourth-order valence-electron chi connectivity index (χ4n) is 2.63. The highest BCUT2D eigenvalue weighted by Crippen LogP contribution is 2.32. The molecule has 0 fully saturated rings. The molecule has 1 amide bonds. The van der Waals surface area contributed by atoms with Crippen LogP contribution in [0.3, 0.4) is 0 Å². The number of benzene rings is 1. The van der Waals surface area contributed by atoms with Crippen molar-refractivity contribution in [1.29, 1.82) is 0 Å². The van der Waals surface area contributed by atoms with Crippen molar-refractivity contribution in [2.75, 3.05) is 31.6 Å². The smallest absolute Gasteiger partial charge is 0.257 e. The zero-order chi connectivity index (χ0) is 15.4. The highest BCUT2D eigenvalue weighted by Gasteiger charge is 2.24. The minimum absolute atomic E-state index is 0.0675. The van der Waals surface area contributed by atoms with Crippen LogP contribution in [0.15, 0.2) is 18.2 Å². The first-order valence-corrected chi connectivity index (χ1v) is 7.78. The van der Waals surface area contributed by atoms with Crippen LogP contribution in [0.5, 0.6) is 5.75 Å². The molecule has 1 aromatic carbocycles. The van der Waals surface area contributed by atoms with Crippen molar-refractivity contribution in [3.63, 3.8) is 0 Å². The van der Waals surface area contributed by atoms with Gasteiger partial charge in [0.25, 0.3) is 5.91 Å². The normalized spacial score (nSPS) is 13.6. The van der Waals surface area contributed by atoms with Crippen LogP contribution in [-0.2, 0) is 0 Å². The fourth-order valence-corrected chi connectivity index (χ4v) is 2.63. The van der Waals surface area contributed by atoms with Gasteiger partial charge in [0, 0.05) is 19.6 Å². The molecule has 1 aliphatic heterocycles. The molecule has 116 valence electrons. The first-order valence-electron chi connectivity index (χ1n) is 7.78. The topological polar surface area (TPSA) is 41.6 Å². The van der Waals surface area contributed by atoms with Crippen LogP contribution >= 0.6 is 0 Å². The van der Waals surface area contributed by atoms with Crippen molar-refractivity contribution in [2.24, 2.45) is 11.8 Å². The number of carbonyl (C=O) groups is 1. The van der Waals surface area contributed by atoms with Crippen molar-refractivity contribution in [3.05, 3.63) is 23.8 Å². The molecule has 0 radical (unpaired) electrons. The van der Waals surface area contributed by atoms with Crippen molar-refractivity contribution < 1.29 is 9.53 Å². The molecule has 1 N–H and O–H groups in total. The average Bonchev–Trinajstić information content (AvgIpc) is 2.44. The molecule has 21 heavy (non-hydrogen) atoms. The lowest BCUT2D eigenvalue weighted by Crippen LogP contribution is -2.37. The van der Waals surface area contributed by atoms with Crippen LogP contribution in [0.4, 0.5) is 5.69 Å². The Labute approximate surface area is 127 Å². The highest BCUT2D eigenvalue weighted by molar-refractivity contribution is 5.99. The Hall–Kier alpha value is -1.71. The molecule has 0 saturated carbocycles. The number of hydrogen-bond donors (Lipinski definition) is 1. The fraction of sp³-hybridized carbons (Fsp3) is 0.588. The SMILES string of the molecule is CC(C)CN(CC(C)C)C(=O)c1cccc2c1OCCN2. The summed E-state index contributed by atoms with van der Waals surface area (Å²) in [6, 6.07) is 5.74. The van der Waals surface area contributed by atoms with Gasteiger partial charge in [-0.1, -0.05) is 33.8 Å². The second-order valence-electron chi connectivity index (χ2n) is 6.46. The van der Waals surface area contributed by atoms with E-state index < -0.39 is 0 Å². The van der Waals surface area contributed by atoms with Crippen LogP contribution < -0.4 is 10.1 Å². The Balaban J connectivity index is 2.27. The van der Waals surface area contributed by atoms with Gasteiger partial charge < -0.3 is 15.0 Å². The Morgan fingerprint density at radius 2 is 1.90 bits per heavy atom. The number of hydrogen-bond acceptors (Lipinski definition) is 3. The molecule has 0 aliphatic carbocycles. The molecule has 0 bridgehead atoms. The Bertz CT molecular complexity index is 488. The van der Waals surface area contributed by atoms with Crippen LogP contribution in [0, 0.1) is 11.8 Å². The third-order valence-electron chi connectivity index (χ3n) is 3.37. The number of amides is 1. The molecule has 0 spiro atoms. The quantitative estimate of drug-likeness (QED) is 0.905. The van der Waals surface area contributed by atoms with Crippen molar-refractivity contribution in [2.45, 2.75) is 27.7 Å². The lowest BCUT2D eigenvalue weighted by molar-refractivity contribution is 0.0710. The molecule has 4 nitrogen and oxygen atoms in total. The average molecular weight is 290 g/mol. The first kappa shape index (κ1) is 15.7. The highest BCUT2D eigenvalue weighted by atomic mass is 16.5. The molecule has 0 unspecified atom stereocenters. The second-order valence-corrected chi connectivity index (χ2v) is 6.46. The van der Waals surface area contributed by atoms with E-state index in [0.717, 1.165) is 25.3 Å². The predicted octanol–water partition coefficient (Wildman–Crippen LogP) is 3.25. The maximum Gasteiger partial charge on any atom is 0.257 e. The van der Waals surface area contributed by atoms with Gasteiger partial charge in [-0.3, -0.25) is 4.79 Å². The summed E-state index contributed by atoms with van der Waals surface area (Å²) in [5.74, 6) is 1.67. The van der Waals surface area contributed by atoms with Gasteiger partial charge in [-0.05, 0) is 24.0 Å². The largest absolute Gasteiger partial charge is 0.489 e. The number of para-hydroxylation sites is 1. The molecule has 0 saturated heterocycles. The zero-order valence-corrected chi connectivity index (χ0v) is 13.5. The Kier molecular flexibility index (Phi) is 5.10. The molecule has 1 heterocycles. The number of ether oxygens (including phenoxy) is 1. The van der Waals surface area contributed by atoms with E-state index >= 15 is 0 Å². The monoisotopic (exact) mass is 290 g/mol. The number of nitrogens with one attached hydrogen (secondary N) is 1. The summed E-state index contributed by atoms with van der Waals surface area (Å²) < 4.78 is 5.73. The Morgan fingerprint density at radius 1 is 1.24 bits per heavy atom. The zero-order valence-electron chi connectivity index (χ0n) is 13.5. The van der Waals surface area contributed by atoms with Crippen molar-refractivity contribution in [1.82, 2.24) is 4.90 Å². The number of anilines is 1. The predicted molar refractivity (Wildman–Crippen MR) is 86.0 cm³/mol. The van der Waals surface area contributed by atoms with Crippen molar-refractivity contribution in [3.8, 4) is 5.75 Å². The van der Waals surface area contributed by atoms with Crippen molar-refractivity contribution >= 4 is 11.6 Å². The maximum absolute atomic E-state index is 12.9. The first-order chi connectivity index (χ1) is 9.99. The second kappa shape index (κ2) is 6.83. The van der Waals surface area contributed by atoms with Gasteiger partial charge >= 0.3 is 0 Å².